The van der Waals surface area contributed by atoms with Gasteiger partial charge in [0.05, 0.1) is 12.0 Å². The third kappa shape index (κ3) is 4.57. The normalized spacial score (nSPS) is 43.8. The van der Waals surface area contributed by atoms with Crippen molar-refractivity contribution in [3.8, 4) is 0 Å². The second kappa shape index (κ2) is 9.94. The van der Waals surface area contributed by atoms with E-state index in [0.717, 1.165) is 37.7 Å². The number of aliphatic hydroxyl groups excluding tert-OH is 4. The van der Waals surface area contributed by atoms with Gasteiger partial charge >= 0.3 is 11.9 Å². The molecule has 0 aromatic heterocycles. The highest BCUT2D eigenvalue weighted by Crippen LogP contribution is 2.62. The third-order valence-electron chi connectivity index (χ3n) is 9.07. The molecule has 4 N–H and O–H groups in total. The molecule has 2 aliphatic heterocycles. The van der Waals surface area contributed by atoms with Crippen molar-refractivity contribution in [1.82, 2.24) is 0 Å². The SMILES string of the molecule is C=C1CC[C@H]2[C@@](C)(CCC[C@]2(C)C(=O)O[C@H]2O[C@H](CO)[C@H](O)[C@@H](O)[C@H]2O)[C@@H]1CCC1=CCOC1=O. The average Bonchev–Trinajstić information content (AvgIpc) is 3.23. The van der Waals surface area contributed by atoms with Crippen molar-refractivity contribution in [2.45, 2.75) is 89.5 Å². The molecule has 3 fully saturated rings. The lowest BCUT2D eigenvalue weighted by Gasteiger charge is -2.58. The number of fused-ring (bicyclic) bond motifs is 1. The minimum absolute atomic E-state index is 0.0128. The predicted molar refractivity (Wildman–Crippen MR) is 124 cm³/mol. The Labute approximate surface area is 205 Å². The maximum atomic E-state index is 13.6. The first-order chi connectivity index (χ1) is 16.5. The zero-order valence-corrected chi connectivity index (χ0v) is 20.5. The van der Waals surface area contributed by atoms with Gasteiger partial charge in [-0.3, -0.25) is 4.79 Å². The van der Waals surface area contributed by atoms with Crippen molar-refractivity contribution in [2.24, 2.45) is 22.7 Å². The van der Waals surface area contributed by atoms with Gasteiger partial charge in [0.15, 0.2) is 0 Å². The molecule has 2 saturated carbocycles. The number of allylic oxidation sites excluding steroid dienone is 1. The third-order valence-corrected chi connectivity index (χ3v) is 9.07. The lowest BCUT2D eigenvalue weighted by atomic mass is 9.46. The summed E-state index contributed by atoms with van der Waals surface area (Å²) in [4.78, 5) is 25.5. The van der Waals surface area contributed by atoms with Gasteiger partial charge in [-0.2, -0.15) is 0 Å². The molecule has 2 heterocycles. The van der Waals surface area contributed by atoms with Crippen LogP contribution in [0.2, 0.25) is 0 Å². The molecule has 0 spiro atoms. The van der Waals surface area contributed by atoms with E-state index in [0.29, 0.717) is 25.0 Å². The summed E-state index contributed by atoms with van der Waals surface area (Å²) in [5, 5.41) is 39.9. The fourth-order valence-corrected chi connectivity index (χ4v) is 7.03. The van der Waals surface area contributed by atoms with Crippen molar-refractivity contribution in [1.29, 1.82) is 0 Å². The lowest BCUT2D eigenvalue weighted by Crippen LogP contribution is -2.61. The van der Waals surface area contributed by atoms with Crippen LogP contribution in [0.15, 0.2) is 23.8 Å². The molecule has 0 bridgehead atoms. The quantitative estimate of drug-likeness (QED) is 0.318. The highest BCUT2D eigenvalue weighted by Gasteiger charge is 2.58. The van der Waals surface area contributed by atoms with E-state index in [1.54, 1.807) is 0 Å². The summed E-state index contributed by atoms with van der Waals surface area (Å²) >= 11 is 0. The van der Waals surface area contributed by atoms with E-state index in [1.807, 2.05) is 13.0 Å². The van der Waals surface area contributed by atoms with Crippen LogP contribution in [-0.4, -0.2) is 76.3 Å². The van der Waals surface area contributed by atoms with Gasteiger partial charge in [0, 0.05) is 5.57 Å². The Morgan fingerprint density at radius 2 is 1.94 bits per heavy atom. The van der Waals surface area contributed by atoms with E-state index < -0.39 is 48.7 Å². The van der Waals surface area contributed by atoms with Crippen LogP contribution in [0.25, 0.3) is 0 Å². The lowest BCUT2D eigenvalue weighted by molar-refractivity contribution is -0.297. The minimum Gasteiger partial charge on any atom is -0.458 e. The smallest absolute Gasteiger partial charge is 0.334 e. The number of aliphatic hydroxyl groups is 4. The molecule has 35 heavy (non-hydrogen) atoms. The summed E-state index contributed by atoms with van der Waals surface area (Å²) in [5.74, 6) is -0.660. The summed E-state index contributed by atoms with van der Waals surface area (Å²) in [7, 11) is 0. The number of cyclic esters (lactones) is 1. The van der Waals surface area contributed by atoms with Crippen molar-refractivity contribution in [3.05, 3.63) is 23.8 Å². The number of ether oxygens (including phenoxy) is 3. The van der Waals surface area contributed by atoms with Crippen LogP contribution in [0.3, 0.4) is 0 Å². The second-order valence-corrected chi connectivity index (χ2v) is 11.0. The summed E-state index contributed by atoms with van der Waals surface area (Å²) < 4.78 is 16.1. The zero-order valence-electron chi connectivity index (χ0n) is 20.5. The van der Waals surface area contributed by atoms with Crippen molar-refractivity contribution < 1.29 is 44.2 Å². The largest absolute Gasteiger partial charge is 0.458 e. The van der Waals surface area contributed by atoms with Gasteiger partial charge in [-0.25, -0.2) is 4.79 Å². The maximum Gasteiger partial charge on any atom is 0.334 e. The van der Waals surface area contributed by atoms with E-state index in [2.05, 4.69) is 13.5 Å². The molecular formula is C26H38O9. The Morgan fingerprint density at radius 3 is 2.60 bits per heavy atom. The second-order valence-electron chi connectivity index (χ2n) is 11.0. The fraction of sp³-hybridized carbons (Fsp3) is 0.769. The molecule has 1 saturated heterocycles. The topological polar surface area (TPSA) is 143 Å². The van der Waals surface area contributed by atoms with E-state index in [-0.39, 0.29) is 23.2 Å². The van der Waals surface area contributed by atoms with Crippen LogP contribution in [0.1, 0.15) is 58.8 Å². The van der Waals surface area contributed by atoms with Gasteiger partial charge in [0.25, 0.3) is 0 Å². The number of carbonyl (C=O) groups is 2. The molecule has 9 atom stereocenters. The molecule has 9 nitrogen and oxygen atoms in total. The van der Waals surface area contributed by atoms with E-state index in [9.17, 15) is 30.0 Å². The highest BCUT2D eigenvalue weighted by atomic mass is 16.7. The Bertz CT molecular complexity index is 882. The summed E-state index contributed by atoms with van der Waals surface area (Å²) in [6, 6.07) is 0. The van der Waals surface area contributed by atoms with E-state index in [1.165, 1.54) is 0 Å². The van der Waals surface area contributed by atoms with Gasteiger partial charge in [-0.15, -0.1) is 0 Å². The van der Waals surface area contributed by atoms with Crippen LogP contribution in [0, 0.1) is 22.7 Å². The Balaban J connectivity index is 1.52. The predicted octanol–water partition coefficient (Wildman–Crippen LogP) is 1.37. The van der Waals surface area contributed by atoms with Gasteiger partial charge in [-0.05, 0) is 68.8 Å². The number of hydrogen-bond donors (Lipinski definition) is 4. The maximum absolute atomic E-state index is 13.6. The van der Waals surface area contributed by atoms with Crippen LogP contribution in [-0.2, 0) is 23.8 Å². The van der Waals surface area contributed by atoms with Crippen molar-refractivity contribution in [3.63, 3.8) is 0 Å². The van der Waals surface area contributed by atoms with Crippen LogP contribution in [0.5, 0.6) is 0 Å². The average molecular weight is 495 g/mol. The fourth-order valence-electron chi connectivity index (χ4n) is 7.03. The van der Waals surface area contributed by atoms with Gasteiger partial charge in [0.1, 0.15) is 31.0 Å². The highest BCUT2D eigenvalue weighted by molar-refractivity contribution is 5.90. The molecule has 196 valence electrons. The molecule has 4 aliphatic rings. The number of carbonyl (C=O) groups excluding carboxylic acids is 2. The summed E-state index contributed by atoms with van der Waals surface area (Å²) in [5.41, 5.74) is 0.766. The first kappa shape index (κ1) is 26.3. The summed E-state index contributed by atoms with van der Waals surface area (Å²) in [6.45, 7) is 8.17. The van der Waals surface area contributed by atoms with Crippen LogP contribution < -0.4 is 0 Å². The molecule has 2 aliphatic carbocycles. The Kier molecular flexibility index (Phi) is 7.46. The number of esters is 2. The van der Waals surface area contributed by atoms with Gasteiger partial charge < -0.3 is 34.6 Å². The molecule has 0 unspecified atom stereocenters. The monoisotopic (exact) mass is 494 g/mol. The Hall–Kier alpha value is -1.78. The van der Waals surface area contributed by atoms with E-state index in [4.69, 9.17) is 14.2 Å². The first-order valence-corrected chi connectivity index (χ1v) is 12.6. The molecule has 0 radical (unpaired) electrons. The number of hydrogen-bond acceptors (Lipinski definition) is 9. The minimum atomic E-state index is -1.63. The molecule has 0 aromatic rings. The van der Waals surface area contributed by atoms with Crippen molar-refractivity contribution in [2.75, 3.05) is 13.2 Å². The first-order valence-electron chi connectivity index (χ1n) is 12.6. The van der Waals surface area contributed by atoms with Crippen molar-refractivity contribution >= 4 is 11.9 Å². The standard InChI is InChI=1S/C26H38O9/c1-14-5-8-18-25(2,16(14)7-6-15-9-12-33-22(15)31)10-4-11-26(18,3)24(32)35-23-21(30)20(29)19(28)17(13-27)34-23/h9,16-21,23,27-30H,1,4-8,10-13H2,2-3H3/t16-,17-,18+,19+,20-,21-,23-,25+,26+/m1/s1. The molecular weight excluding hydrogens is 456 g/mol. The van der Waals surface area contributed by atoms with Crippen LogP contribution in [0.4, 0.5) is 0 Å². The van der Waals surface area contributed by atoms with Gasteiger partial charge in [-0.1, -0.05) is 25.5 Å². The molecule has 0 aromatic carbocycles. The van der Waals surface area contributed by atoms with Crippen LogP contribution >= 0.6 is 0 Å². The molecule has 9 heteroatoms. The summed E-state index contributed by atoms with van der Waals surface area (Å²) in [6.07, 6.45) is -0.305. The molecule has 4 rings (SSSR count). The zero-order chi connectivity index (χ0) is 25.5. The number of rotatable bonds is 6. The van der Waals surface area contributed by atoms with Gasteiger partial charge in [0.2, 0.25) is 6.29 Å². The Morgan fingerprint density at radius 1 is 1.20 bits per heavy atom. The molecule has 0 amide bonds. The van der Waals surface area contributed by atoms with E-state index >= 15 is 0 Å².